The van der Waals surface area contributed by atoms with Crippen molar-refractivity contribution >= 4 is 40.2 Å². The molecule has 3 aromatic rings. The lowest BCUT2D eigenvalue weighted by Gasteiger charge is -2.16. The number of halogens is 3. The molecule has 3 heterocycles. The molecule has 1 amide bonds. The predicted octanol–water partition coefficient (Wildman–Crippen LogP) is 0.867. The minimum Gasteiger partial charge on any atom is -0.387 e. The van der Waals surface area contributed by atoms with Gasteiger partial charge in [0.1, 0.15) is 23.8 Å². The number of rotatable bonds is 4. The Labute approximate surface area is 172 Å². The fraction of sp³-hybridized carbons (Fsp3) is 0.294. The summed E-state index contributed by atoms with van der Waals surface area (Å²) < 4.78 is 33.8. The monoisotopic (exact) mass is 440 g/mol. The van der Waals surface area contributed by atoms with Crippen LogP contribution in [0.15, 0.2) is 24.5 Å². The average molecular weight is 441 g/mol. The fourth-order valence-electron chi connectivity index (χ4n) is 3.17. The molecule has 2 aromatic heterocycles. The van der Waals surface area contributed by atoms with E-state index >= 15 is 0 Å². The highest BCUT2D eigenvalue weighted by Crippen LogP contribution is 2.33. The number of ether oxygens (including phenoxy) is 1. The Kier molecular flexibility index (Phi) is 5.24. The van der Waals surface area contributed by atoms with Crippen molar-refractivity contribution in [3.05, 3.63) is 41.4 Å². The molecule has 4 atom stereocenters. The van der Waals surface area contributed by atoms with Gasteiger partial charge in [0.05, 0.1) is 6.33 Å². The first-order valence-electron chi connectivity index (χ1n) is 8.65. The molecule has 30 heavy (non-hydrogen) atoms. The molecule has 0 spiro atoms. The van der Waals surface area contributed by atoms with Gasteiger partial charge in [0.25, 0.3) is 5.91 Å². The van der Waals surface area contributed by atoms with Crippen molar-refractivity contribution in [3.63, 3.8) is 0 Å². The number of carbonyl (C=O) groups excluding carboxylic acids is 1. The summed E-state index contributed by atoms with van der Waals surface area (Å²) >= 11 is 5.99. The van der Waals surface area contributed by atoms with Crippen LogP contribution in [-0.2, 0) is 9.53 Å². The third kappa shape index (κ3) is 3.54. The quantitative estimate of drug-likeness (QED) is 0.439. The van der Waals surface area contributed by atoms with E-state index in [4.69, 9.17) is 16.3 Å². The van der Waals surface area contributed by atoms with E-state index in [0.717, 1.165) is 18.2 Å². The molecule has 13 heteroatoms. The highest BCUT2D eigenvalue weighted by atomic mass is 35.5. The Bertz CT molecular complexity index is 1110. The van der Waals surface area contributed by atoms with Gasteiger partial charge in [-0.15, -0.1) is 0 Å². The first-order valence-corrected chi connectivity index (χ1v) is 9.02. The SMILES string of the molecule is CNC(=O)[C@H]1O[C@@H](n2cnc3c(Nc4cc(F)cc(F)c4)nc(Cl)nc32)[C@H](O)[C@@H]1O. The number of aliphatic hydroxyl groups excluding tert-OH is 2. The number of aliphatic hydroxyl groups is 2. The van der Waals surface area contributed by atoms with Crippen molar-refractivity contribution in [2.24, 2.45) is 0 Å². The van der Waals surface area contributed by atoms with Gasteiger partial charge in [-0.2, -0.15) is 9.97 Å². The molecule has 1 aliphatic rings. The fourth-order valence-corrected chi connectivity index (χ4v) is 3.34. The molecule has 0 aliphatic carbocycles. The summed E-state index contributed by atoms with van der Waals surface area (Å²) in [6, 6.07) is 2.82. The number of nitrogens with one attached hydrogen (secondary N) is 2. The maximum Gasteiger partial charge on any atom is 0.251 e. The Morgan fingerprint density at radius 3 is 2.57 bits per heavy atom. The zero-order valence-electron chi connectivity index (χ0n) is 15.3. The van der Waals surface area contributed by atoms with E-state index in [0.29, 0.717) is 0 Å². The molecular weight excluding hydrogens is 426 g/mol. The lowest BCUT2D eigenvalue weighted by Crippen LogP contribution is -2.41. The van der Waals surface area contributed by atoms with Crippen LogP contribution in [0.5, 0.6) is 0 Å². The molecule has 4 rings (SSSR count). The summed E-state index contributed by atoms with van der Waals surface area (Å²) in [6.07, 6.45) is -4.21. The summed E-state index contributed by atoms with van der Waals surface area (Å²) in [4.78, 5) is 24.1. The standard InChI is InChI=1S/C17H15ClF2N6O4/c1-21-15(29)12-10(27)11(28)16(30-12)26-5-22-9-13(24-17(18)25-14(9)26)23-8-3-6(19)2-7(20)4-8/h2-5,10-12,16,27-28H,1H3,(H,21,29)(H,23,24,25)/t10-,11+,12-,16+/m0/s1. The van der Waals surface area contributed by atoms with Crippen molar-refractivity contribution in [1.82, 2.24) is 24.8 Å². The number of likely N-dealkylation sites (N-methyl/N-ethyl adjacent to an activating group) is 1. The maximum absolute atomic E-state index is 13.5. The lowest BCUT2D eigenvalue weighted by molar-refractivity contribution is -0.137. The van der Waals surface area contributed by atoms with Crippen molar-refractivity contribution < 1.29 is 28.5 Å². The second kappa shape index (κ2) is 7.72. The number of benzene rings is 1. The Balaban J connectivity index is 1.73. The Morgan fingerprint density at radius 1 is 1.20 bits per heavy atom. The van der Waals surface area contributed by atoms with Gasteiger partial charge in [-0.25, -0.2) is 13.8 Å². The summed E-state index contributed by atoms with van der Waals surface area (Å²) in [5.41, 5.74) is 0.311. The van der Waals surface area contributed by atoms with Gasteiger partial charge < -0.3 is 25.6 Å². The number of nitrogens with zero attached hydrogens (tertiary/aromatic N) is 4. The molecule has 1 saturated heterocycles. The molecule has 1 aromatic carbocycles. The van der Waals surface area contributed by atoms with Crippen molar-refractivity contribution in [2.45, 2.75) is 24.5 Å². The van der Waals surface area contributed by atoms with Gasteiger partial charge in [0.2, 0.25) is 5.28 Å². The summed E-state index contributed by atoms with van der Waals surface area (Å²) in [7, 11) is 1.37. The van der Waals surface area contributed by atoms with Gasteiger partial charge >= 0.3 is 0 Å². The van der Waals surface area contributed by atoms with Crippen LogP contribution in [0.4, 0.5) is 20.3 Å². The van der Waals surface area contributed by atoms with E-state index in [1.54, 1.807) is 0 Å². The van der Waals surface area contributed by atoms with Gasteiger partial charge in [-0.05, 0) is 23.7 Å². The molecule has 4 N–H and O–H groups in total. The first-order chi connectivity index (χ1) is 14.3. The first kappa shape index (κ1) is 20.3. The molecule has 0 unspecified atom stereocenters. The minimum absolute atomic E-state index is 0.0460. The number of hydrogen-bond donors (Lipinski definition) is 4. The number of hydrogen-bond acceptors (Lipinski definition) is 8. The maximum atomic E-state index is 13.5. The van der Waals surface area contributed by atoms with Crippen molar-refractivity contribution in [1.29, 1.82) is 0 Å². The van der Waals surface area contributed by atoms with E-state index in [9.17, 15) is 23.8 Å². The van der Waals surface area contributed by atoms with E-state index in [1.807, 2.05) is 0 Å². The van der Waals surface area contributed by atoms with Gasteiger partial charge in [0.15, 0.2) is 29.3 Å². The smallest absolute Gasteiger partial charge is 0.251 e. The van der Waals surface area contributed by atoms with Crippen LogP contribution in [0, 0.1) is 11.6 Å². The number of aromatic nitrogens is 4. The number of carbonyl (C=O) groups is 1. The Hall–Kier alpha value is -2.93. The normalized spacial score (nSPS) is 23.7. The highest BCUT2D eigenvalue weighted by molar-refractivity contribution is 6.28. The number of fused-ring (bicyclic) bond motifs is 1. The molecule has 0 bridgehead atoms. The van der Waals surface area contributed by atoms with Gasteiger partial charge in [0, 0.05) is 18.8 Å². The van der Waals surface area contributed by atoms with Gasteiger partial charge in [-0.3, -0.25) is 9.36 Å². The van der Waals surface area contributed by atoms with Crippen LogP contribution in [0.3, 0.4) is 0 Å². The molecule has 0 saturated carbocycles. The average Bonchev–Trinajstić information content (AvgIpc) is 3.22. The Morgan fingerprint density at radius 2 is 1.90 bits per heavy atom. The molecule has 1 fully saturated rings. The molecular formula is C17H15ClF2N6O4. The van der Waals surface area contributed by atoms with Crippen LogP contribution >= 0.6 is 11.6 Å². The summed E-state index contributed by atoms with van der Waals surface area (Å²) in [6.45, 7) is 0. The van der Waals surface area contributed by atoms with Crippen molar-refractivity contribution in [3.8, 4) is 0 Å². The van der Waals surface area contributed by atoms with E-state index in [2.05, 4.69) is 25.6 Å². The zero-order chi connectivity index (χ0) is 21.6. The number of amides is 1. The van der Waals surface area contributed by atoms with Crippen LogP contribution in [-0.4, -0.2) is 61.0 Å². The second-order valence-electron chi connectivity index (χ2n) is 6.49. The van der Waals surface area contributed by atoms with Crippen LogP contribution < -0.4 is 10.6 Å². The van der Waals surface area contributed by atoms with Crippen molar-refractivity contribution in [2.75, 3.05) is 12.4 Å². The predicted molar refractivity (Wildman–Crippen MR) is 100.0 cm³/mol. The zero-order valence-corrected chi connectivity index (χ0v) is 16.0. The van der Waals surface area contributed by atoms with E-state index < -0.39 is 42.1 Å². The van der Waals surface area contributed by atoms with Gasteiger partial charge in [-0.1, -0.05) is 0 Å². The van der Waals surface area contributed by atoms with Crippen LogP contribution in [0.2, 0.25) is 5.28 Å². The highest BCUT2D eigenvalue weighted by Gasteiger charge is 2.47. The third-order valence-corrected chi connectivity index (χ3v) is 4.71. The van der Waals surface area contributed by atoms with E-state index in [1.165, 1.54) is 17.9 Å². The van der Waals surface area contributed by atoms with Crippen LogP contribution in [0.1, 0.15) is 6.23 Å². The molecule has 158 valence electrons. The summed E-state index contributed by atoms with van der Waals surface area (Å²) in [5.74, 6) is -2.16. The third-order valence-electron chi connectivity index (χ3n) is 4.54. The summed E-state index contributed by atoms with van der Waals surface area (Å²) in [5, 5.41) is 25.3. The molecule has 0 radical (unpaired) electrons. The topological polar surface area (TPSA) is 134 Å². The van der Waals surface area contributed by atoms with E-state index in [-0.39, 0.29) is 28.0 Å². The minimum atomic E-state index is -1.49. The second-order valence-corrected chi connectivity index (χ2v) is 6.83. The largest absolute Gasteiger partial charge is 0.387 e. The number of anilines is 2. The molecule has 10 nitrogen and oxygen atoms in total. The van der Waals surface area contributed by atoms with Crippen LogP contribution in [0.25, 0.3) is 11.2 Å². The molecule has 1 aliphatic heterocycles. The number of imidazole rings is 1. The lowest BCUT2D eigenvalue weighted by atomic mass is 10.1.